The smallest absolute Gasteiger partial charge is 0.135 e. The molecular weight excluding hydrogens is 358 g/mol. The fourth-order valence-corrected chi connectivity index (χ4v) is 2.96. The first-order chi connectivity index (χ1) is 13.6. The maximum atomic E-state index is 14.3. The number of nitrogen functional groups attached to an aromatic ring is 1. The van der Waals surface area contributed by atoms with Crippen LogP contribution in [0.15, 0.2) is 85.1 Å². The van der Waals surface area contributed by atoms with E-state index >= 15 is 0 Å². The van der Waals surface area contributed by atoms with Crippen LogP contribution in [0, 0.1) is 11.6 Å². The SMILES string of the molecule is Nc1ncc(-c2ccccc2Oc2ccccc2)cc1-c1ccc(F)cc1F. The number of aromatic nitrogens is 1. The molecule has 3 nitrogen and oxygen atoms in total. The minimum Gasteiger partial charge on any atom is -0.457 e. The molecule has 4 aromatic rings. The summed E-state index contributed by atoms with van der Waals surface area (Å²) in [7, 11) is 0. The maximum Gasteiger partial charge on any atom is 0.135 e. The largest absolute Gasteiger partial charge is 0.457 e. The van der Waals surface area contributed by atoms with E-state index in [0.717, 1.165) is 11.6 Å². The lowest BCUT2D eigenvalue weighted by Crippen LogP contribution is -1.97. The number of nitrogens with two attached hydrogens (primary N) is 1. The number of halogens is 2. The Kier molecular flexibility index (Phi) is 4.72. The van der Waals surface area contributed by atoms with E-state index in [0.29, 0.717) is 22.6 Å². The molecule has 0 aliphatic heterocycles. The van der Waals surface area contributed by atoms with Crippen molar-refractivity contribution in [2.45, 2.75) is 0 Å². The zero-order valence-corrected chi connectivity index (χ0v) is 14.8. The molecule has 0 fully saturated rings. The number of pyridine rings is 1. The number of rotatable bonds is 4. The summed E-state index contributed by atoms with van der Waals surface area (Å²) >= 11 is 0. The molecular formula is C23H16F2N2O. The summed E-state index contributed by atoms with van der Waals surface area (Å²) in [5.74, 6) is 0.148. The van der Waals surface area contributed by atoms with Crippen molar-refractivity contribution in [1.82, 2.24) is 4.98 Å². The van der Waals surface area contributed by atoms with Gasteiger partial charge in [0.2, 0.25) is 0 Å². The van der Waals surface area contributed by atoms with Crippen LogP contribution in [0.4, 0.5) is 14.6 Å². The lowest BCUT2D eigenvalue weighted by atomic mass is 10.00. The zero-order chi connectivity index (χ0) is 19.5. The first kappa shape index (κ1) is 17.7. The average Bonchev–Trinajstić information content (AvgIpc) is 2.70. The molecule has 2 N–H and O–H groups in total. The molecule has 5 heteroatoms. The second-order valence-electron chi connectivity index (χ2n) is 6.19. The molecule has 1 aromatic heterocycles. The summed E-state index contributed by atoms with van der Waals surface area (Å²) in [5.41, 5.74) is 8.04. The van der Waals surface area contributed by atoms with Crippen molar-refractivity contribution in [3.8, 4) is 33.8 Å². The van der Waals surface area contributed by atoms with Gasteiger partial charge in [-0.05, 0) is 36.4 Å². The Morgan fingerprint density at radius 3 is 2.29 bits per heavy atom. The molecule has 0 saturated carbocycles. The van der Waals surface area contributed by atoms with Crippen molar-refractivity contribution in [2.24, 2.45) is 0 Å². The predicted octanol–water partition coefficient (Wildman–Crippen LogP) is 6.07. The highest BCUT2D eigenvalue weighted by Gasteiger charge is 2.14. The molecule has 0 atom stereocenters. The second kappa shape index (κ2) is 7.48. The average molecular weight is 374 g/mol. The summed E-state index contributed by atoms with van der Waals surface area (Å²) in [6.07, 6.45) is 1.60. The van der Waals surface area contributed by atoms with E-state index in [-0.39, 0.29) is 11.4 Å². The summed E-state index contributed by atoms with van der Waals surface area (Å²) in [6.45, 7) is 0. The molecule has 0 aliphatic carbocycles. The van der Waals surface area contributed by atoms with Gasteiger partial charge in [-0.2, -0.15) is 0 Å². The van der Waals surface area contributed by atoms with Crippen LogP contribution in [0.3, 0.4) is 0 Å². The van der Waals surface area contributed by atoms with Gasteiger partial charge in [-0.15, -0.1) is 0 Å². The number of benzene rings is 3. The topological polar surface area (TPSA) is 48.1 Å². The van der Waals surface area contributed by atoms with Crippen molar-refractivity contribution in [2.75, 3.05) is 5.73 Å². The van der Waals surface area contributed by atoms with Gasteiger partial charge in [-0.25, -0.2) is 13.8 Å². The Hall–Kier alpha value is -3.73. The minimum atomic E-state index is -0.695. The van der Waals surface area contributed by atoms with Crippen molar-refractivity contribution in [1.29, 1.82) is 0 Å². The number of nitrogens with zero attached hydrogens (tertiary/aromatic N) is 1. The van der Waals surface area contributed by atoms with Crippen LogP contribution in [0.5, 0.6) is 11.5 Å². The van der Waals surface area contributed by atoms with Gasteiger partial charge in [0.1, 0.15) is 29.0 Å². The third-order valence-electron chi connectivity index (χ3n) is 4.31. The number of para-hydroxylation sites is 2. The van der Waals surface area contributed by atoms with E-state index in [1.165, 1.54) is 12.1 Å². The van der Waals surface area contributed by atoms with E-state index in [2.05, 4.69) is 4.98 Å². The molecule has 0 bridgehead atoms. The molecule has 4 rings (SSSR count). The van der Waals surface area contributed by atoms with E-state index in [9.17, 15) is 8.78 Å². The molecule has 3 aromatic carbocycles. The molecule has 0 aliphatic rings. The lowest BCUT2D eigenvalue weighted by Gasteiger charge is -2.13. The van der Waals surface area contributed by atoms with Crippen LogP contribution in [0.1, 0.15) is 0 Å². The van der Waals surface area contributed by atoms with Crippen LogP contribution < -0.4 is 10.5 Å². The van der Waals surface area contributed by atoms with E-state index < -0.39 is 11.6 Å². The first-order valence-corrected chi connectivity index (χ1v) is 8.65. The van der Waals surface area contributed by atoms with Gasteiger partial charge >= 0.3 is 0 Å². The molecule has 0 radical (unpaired) electrons. The Balaban J connectivity index is 1.79. The summed E-state index contributed by atoms with van der Waals surface area (Å²) < 4.78 is 33.5. The molecule has 1 heterocycles. The number of ether oxygens (including phenoxy) is 1. The number of hydrogen-bond acceptors (Lipinski definition) is 3. The fraction of sp³-hybridized carbons (Fsp3) is 0. The Bertz CT molecular complexity index is 1130. The van der Waals surface area contributed by atoms with Gasteiger partial charge in [-0.1, -0.05) is 36.4 Å². The third kappa shape index (κ3) is 3.55. The minimum absolute atomic E-state index is 0.163. The molecule has 138 valence electrons. The Labute approximate surface area is 161 Å². The standard InChI is InChI=1S/C23H16F2N2O/c24-16-10-11-19(21(25)13-16)20-12-15(14-27-23(20)26)18-8-4-5-9-22(18)28-17-6-2-1-3-7-17/h1-14H,(H2,26,27). The van der Waals surface area contributed by atoms with Gasteiger partial charge in [0.15, 0.2) is 0 Å². The monoisotopic (exact) mass is 374 g/mol. The summed E-state index contributed by atoms with van der Waals surface area (Å²) in [4.78, 5) is 4.21. The Morgan fingerprint density at radius 2 is 1.50 bits per heavy atom. The van der Waals surface area contributed by atoms with Crippen molar-refractivity contribution < 1.29 is 13.5 Å². The van der Waals surface area contributed by atoms with Gasteiger partial charge < -0.3 is 10.5 Å². The highest BCUT2D eigenvalue weighted by molar-refractivity contribution is 5.81. The van der Waals surface area contributed by atoms with Crippen LogP contribution in [-0.4, -0.2) is 4.98 Å². The van der Waals surface area contributed by atoms with E-state index in [4.69, 9.17) is 10.5 Å². The van der Waals surface area contributed by atoms with E-state index in [1.807, 2.05) is 54.6 Å². The van der Waals surface area contributed by atoms with Crippen LogP contribution in [-0.2, 0) is 0 Å². The van der Waals surface area contributed by atoms with Gasteiger partial charge in [0.05, 0.1) is 0 Å². The zero-order valence-electron chi connectivity index (χ0n) is 14.8. The molecule has 28 heavy (non-hydrogen) atoms. The highest BCUT2D eigenvalue weighted by Crippen LogP contribution is 2.36. The van der Waals surface area contributed by atoms with Gasteiger partial charge in [-0.3, -0.25) is 0 Å². The Morgan fingerprint density at radius 1 is 0.750 bits per heavy atom. The second-order valence-corrected chi connectivity index (χ2v) is 6.19. The van der Waals surface area contributed by atoms with Crippen molar-refractivity contribution in [3.05, 3.63) is 96.7 Å². The summed E-state index contributed by atoms with van der Waals surface area (Å²) in [5, 5.41) is 0. The van der Waals surface area contributed by atoms with Crippen LogP contribution >= 0.6 is 0 Å². The quantitative estimate of drug-likeness (QED) is 0.472. The number of anilines is 1. The molecule has 0 unspecified atom stereocenters. The highest BCUT2D eigenvalue weighted by atomic mass is 19.1. The first-order valence-electron chi connectivity index (χ1n) is 8.65. The predicted molar refractivity (Wildman–Crippen MR) is 106 cm³/mol. The maximum absolute atomic E-state index is 14.3. The number of hydrogen-bond donors (Lipinski definition) is 1. The van der Waals surface area contributed by atoms with Gasteiger partial charge in [0, 0.05) is 34.5 Å². The lowest BCUT2D eigenvalue weighted by molar-refractivity contribution is 0.484. The fourth-order valence-electron chi connectivity index (χ4n) is 2.96. The van der Waals surface area contributed by atoms with E-state index in [1.54, 1.807) is 12.3 Å². The van der Waals surface area contributed by atoms with Crippen LogP contribution in [0.2, 0.25) is 0 Å². The molecule has 0 amide bonds. The van der Waals surface area contributed by atoms with Gasteiger partial charge in [0.25, 0.3) is 0 Å². The third-order valence-corrected chi connectivity index (χ3v) is 4.31. The molecule has 0 spiro atoms. The van der Waals surface area contributed by atoms with Crippen LogP contribution in [0.25, 0.3) is 22.3 Å². The normalized spacial score (nSPS) is 10.6. The van der Waals surface area contributed by atoms with Crippen molar-refractivity contribution >= 4 is 5.82 Å². The van der Waals surface area contributed by atoms with Crippen molar-refractivity contribution in [3.63, 3.8) is 0 Å². The summed E-state index contributed by atoms with van der Waals surface area (Å²) in [6, 6.07) is 22.0. The molecule has 0 saturated heterocycles.